The van der Waals surface area contributed by atoms with Gasteiger partial charge >= 0.3 is 5.97 Å². The van der Waals surface area contributed by atoms with Crippen LogP contribution in [0.3, 0.4) is 0 Å². The van der Waals surface area contributed by atoms with Gasteiger partial charge in [0.05, 0.1) is 23.6 Å². The van der Waals surface area contributed by atoms with Crippen molar-refractivity contribution in [2.75, 3.05) is 6.61 Å². The fourth-order valence-corrected chi connectivity index (χ4v) is 1.65. The summed E-state index contributed by atoms with van der Waals surface area (Å²) >= 11 is 5.49. The summed E-state index contributed by atoms with van der Waals surface area (Å²) in [6, 6.07) is 0.796. The molecule has 9 heteroatoms. The van der Waals surface area contributed by atoms with Gasteiger partial charge in [0.1, 0.15) is 10.7 Å². The number of alkyl halides is 2. The fraction of sp³-hybridized carbons (Fsp3) is 0.400. The summed E-state index contributed by atoms with van der Waals surface area (Å²) in [5, 5.41) is 10.0. The zero-order chi connectivity index (χ0) is 14.6. The minimum atomic E-state index is -3.13. The summed E-state index contributed by atoms with van der Waals surface area (Å²) in [6.45, 7) is 1.71. The van der Waals surface area contributed by atoms with Gasteiger partial charge in [0.15, 0.2) is 0 Å². The van der Waals surface area contributed by atoms with Crippen LogP contribution < -0.4 is 0 Å². The highest BCUT2D eigenvalue weighted by molar-refractivity contribution is 6.30. The van der Waals surface area contributed by atoms with Crippen molar-refractivity contribution in [1.29, 1.82) is 0 Å². The van der Waals surface area contributed by atoms with E-state index in [0.717, 1.165) is 6.07 Å². The molecule has 104 valence electrons. The summed E-state index contributed by atoms with van der Waals surface area (Å²) < 4.78 is 29.9. The standard InChI is InChI=1S/C10H9ClF2N2O4/c1-2-19-7(16)4-5-3-6(15(17)18)8(10(12)13)9(11)14-5/h3,10H,2,4H2,1H3. The van der Waals surface area contributed by atoms with Crippen molar-refractivity contribution < 1.29 is 23.2 Å². The van der Waals surface area contributed by atoms with E-state index in [1.54, 1.807) is 6.92 Å². The first-order valence-electron chi connectivity index (χ1n) is 5.14. The molecule has 0 aliphatic heterocycles. The Morgan fingerprint density at radius 3 is 2.74 bits per heavy atom. The van der Waals surface area contributed by atoms with Crippen LogP contribution in [0.2, 0.25) is 5.15 Å². The molecule has 0 bridgehead atoms. The third-order valence-corrected chi connectivity index (χ3v) is 2.38. The van der Waals surface area contributed by atoms with Gasteiger partial charge in [0.25, 0.3) is 12.1 Å². The Labute approximate surface area is 111 Å². The molecule has 1 aromatic heterocycles. The van der Waals surface area contributed by atoms with Gasteiger partial charge in [0.2, 0.25) is 0 Å². The Kier molecular flexibility index (Phi) is 5.11. The lowest BCUT2D eigenvalue weighted by Gasteiger charge is -2.07. The predicted octanol–water partition coefficient (Wildman–Crippen LogP) is 2.69. The fourth-order valence-electron chi connectivity index (χ4n) is 1.36. The first-order chi connectivity index (χ1) is 8.86. The van der Waals surface area contributed by atoms with Crippen LogP contribution in [0, 0.1) is 10.1 Å². The van der Waals surface area contributed by atoms with E-state index in [1.807, 2.05) is 0 Å². The molecule has 6 nitrogen and oxygen atoms in total. The second-order valence-corrected chi connectivity index (χ2v) is 3.73. The molecule has 0 radical (unpaired) electrons. The van der Waals surface area contributed by atoms with E-state index in [0.29, 0.717) is 0 Å². The smallest absolute Gasteiger partial charge is 0.311 e. The Balaban J connectivity index is 3.17. The molecule has 1 aromatic rings. The number of aromatic nitrogens is 1. The summed E-state index contributed by atoms with van der Waals surface area (Å²) in [5.74, 6) is -0.676. The number of rotatable bonds is 5. The third kappa shape index (κ3) is 3.82. The maximum atomic E-state index is 12.6. The first kappa shape index (κ1) is 15.2. The molecule has 0 aromatic carbocycles. The summed E-state index contributed by atoms with van der Waals surface area (Å²) in [5.41, 5.74) is -1.92. The SMILES string of the molecule is CCOC(=O)Cc1cc([N+](=O)[O-])c(C(F)F)c(Cl)n1. The van der Waals surface area contributed by atoms with Crippen molar-refractivity contribution in [2.24, 2.45) is 0 Å². The average molecular weight is 295 g/mol. The molecule has 0 amide bonds. The molecule has 0 spiro atoms. The van der Waals surface area contributed by atoms with Crippen molar-refractivity contribution in [3.05, 3.63) is 32.6 Å². The van der Waals surface area contributed by atoms with E-state index < -0.39 is 33.7 Å². The number of esters is 1. The van der Waals surface area contributed by atoms with Crippen LogP contribution in [0.4, 0.5) is 14.5 Å². The lowest BCUT2D eigenvalue weighted by Crippen LogP contribution is -2.10. The van der Waals surface area contributed by atoms with Gasteiger partial charge in [-0.3, -0.25) is 14.9 Å². The highest BCUT2D eigenvalue weighted by atomic mass is 35.5. The van der Waals surface area contributed by atoms with Gasteiger partial charge < -0.3 is 4.74 Å². The second kappa shape index (κ2) is 6.37. The number of pyridine rings is 1. The highest BCUT2D eigenvalue weighted by Crippen LogP contribution is 2.34. The van der Waals surface area contributed by atoms with Crippen LogP contribution in [-0.2, 0) is 16.0 Å². The van der Waals surface area contributed by atoms with E-state index in [9.17, 15) is 23.7 Å². The molecular weight excluding hydrogens is 286 g/mol. The van der Waals surface area contributed by atoms with Crippen molar-refractivity contribution in [1.82, 2.24) is 4.98 Å². The molecule has 1 rings (SSSR count). The van der Waals surface area contributed by atoms with E-state index >= 15 is 0 Å². The highest BCUT2D eigenvalue weighted by Gasteiger charge is 2.27. The minimum absolute atomic E-state index is 0.0976. The van der Waals surface area contributed by atoms with Gasteiger partial charge in [-0.1, -0.05) is 11.6 Å². The zero-order valence-corrected chi connectivity index (χ0v) is 10.5. The Bertz CT molecular complexity index is 511. The molecule has 0 fully saturated rings. The van der Waals surface area contributed by atoms with Crippen LogP contribution in [0.15, 0.2) is 6.07 Å². The van der Waals surface area contributed by atoms with Gasteiger partial charge in [-0.15, -0.1) is 0 Å². The van der Waals surface area contributed by atoms with Crippen LogP contribution in [0.5, 0.6) is 0 Å². The van der Waals surface area contributed by atoms with Crippen molar-refractivity contribution in [3.63, 3.8) is 0 Å². The van der Waals surface area contributed by atoms with Gasteiger partial charge in [-0.2, -0.15) is 0 Å². The van der Waals surface area contributed by atoms with Crippen molar-refractivity contribution in [3.8, 4) is 0 Å². The number of nitro groups is 1. The third-order valence-electron chi connectivity index (χ3n) is 2.09. The van der Waals surface area contributed by atoms with Gasteiger partial charge in [0, 0.05) is 6.07 Å². The Hall–Kier alpha value is -1.83. The number of carbonyl (C=O) groups is 1. The lowest BCUT2D eigenvalue weighted by atomic mass is 10.2. The largest absolute Gasteiger partial charge is 0.466 e. The van der Waals surface area contributed by atoms with Crippen molar-refractivity contribution >= 4 is 23.3 Å². The zero-order valence-electron chi connectivity index (χ0n) is 9.73. The molecule has 0 unspecified atom stereocenters. The number of hydrogen-bond acceptors (Lipinski definition) is 5. The summed E-state index contributed by atoms with van der Waals surface area (Å²) in [7, 11) is 0. The predicted molar refractivity (Wildman–Crippen MR) is 61.2 cm³/mol. The normalized spacial score (nSPS) is 10.6. The Morgan fingerprint density at radius 2 is 2.26 bits per heavy atom. The molecule has 19 heavy (non-hydrogen) atoms. The van der Waals surface area contributed by atoms with E-state index in [4.69, 9.17) is 11.6 Å². The first-order valence-corrected chi connectivity index (χ1v) is 5.52. The monoisotopic (exact) mass is 294 g/mol. The maximum Gasteiger partial charge on any atom is 0.311 e. The molecule has 0 aliphatic rings. The van der Waals surface area contributed by atoms with Gasteiger partial charge in [-0.25, -0.2) is 13.8 Å². The molecule has 0 saturated carbocycles. The number of nitrogens with zero attached hydrogens (tertiary/aromatic N) is 2. The molecule has 0 N–H and O–H groups in total. The molecular formula is C10H9ClF2N2O4. The molecule has 0 atom stereocenters. The average Bonchev–Trinajstić information content (AvgIpc) is 2.27. The number of hydrogen-bond donors (Lipinski definition) is 0. The summed E-state index contributed by atoms with van der Waals surface area (Å²) in [4.78, 5) is 24.5. The molecule has 0 aliphatic carbocycles. The summed E-state index contributed by atoms with van der Waals surface area (Å²) in [6.07, 6.45) is -3.50. The number of halogens is 3. The van der Waals surface area contributed by atoms with Crippen molar-refractivity contribution in [2.45, 2.75) is 19.8 Å². The molecule has 1 heterocycles. The topological polar surface area (TPSA) is 82.3 Å². The quantitative estimate of drug-likeness (QED) is 0.361. The maximum absolute atomic E-state index is 12.6. The second-order valence-electron chi connectivity index (χ2n) is 3.38. The van der Waals surface area contributed by atoms with E-state index in [2.05, 4.69) is 9.72 Å². The molecule has 0 saturated heterocycles. The van der Waals surface area contributed by atoms with Crippen LogP contribution >= 0.6 is 11.6 Å². The minimum Gasteiger partial charge on any atom is -0.466 e. The van der Waals surface area contributed by atoms with Gasteiger partial charge in [-0.05, 0) is 6.92 Å². The van der Waals surface area contributed by atoms with E-state index in [1.165, 1.54) is 0 Å². The van der Waals surface area contributed by atoms with E-state index in [-0.39, 0.29) is 18.7 Å². The number of ether oxygens (including phenoxy) is 1. The van der Waals surface area contributed by atoms with Crippen LogP contribution in [0.25, 0.3) is 0 Å². The Morgan fingerprint density at radius 1 is 1.63 bits per heavy atom. The van der Waals surface area contributed by atoms with Crippen LogP contribution in [0.1, 0.15) is 24.6 Å². The lowest BCUT2D eigenvalue weighted by molar-refractivity contribution is -0.386. The number of carbonyl (C=O) groups excluding carboxylic acids is 1. The van der Waals surface area contributed by atoms with Crippen LogP contribution in [-0.4, -0.2) is 22.5 Å².